The number of carbonyl (C=O) groups is 1. The molecule has 2 unspecified atom stereocenters. The van der Waals surface area contributed by atoms with E-state index in [1.54, 1.807) is 6.92 Å². The van der Waals surface area contributed by atoms with Crippen LogP contribution in [0.3, 0.4) is 0 Å². The number of carbonyl (C=O) groups excluding carboxylic acids is 1. The zero-order valence-electron chi connectivity index (χ0n) is 14.9. The van der Waals surface area contributed by atoms with Gasteiger partial charge in [0.1, 0.15) is 23.9 Å². The standard InChI is InChI=1S/C19H26O6/c1-10(2)16(22)25-14-13(21)15-19(9-23-19)17(14,4)18(8-20)6-5-11(3)7-12(18)24-15/h7,12-15,20-21H,1,5-6,8-9H2,2-4H3/t12-,13-,14-,15?,17-,18-,19?/m1/s1. The summed E-state index contributed by atoms with van der Waals surface area (Å²) < 4.78 is 17.8. The highest BCUT2D eigenvalue weighted by atomic mass is 16.7. The summed E-state index contributed by atoms with van der Waals surface area (Å²) in [4.78, 5) is 12.2. The zero-order chi connectivity index (χ0) is 18.2. The normalized spacial score (nSPS) is 50.2. The van der Waals surface area contributed by atoms with E-state index in [0.717, 1.165) is 6.42 Å². The molecule has 2 saturated heterocycles. The van der Waals surface area contributed by atoms with Gasteiger partial charge in [0.15, 0.2) is 0 Å². The second kappa shape index (κ2) is 5.16. The number of esters is 1. The number of ether oxygens (including phenoxy) is 3. The van der Waals surface area contributed by atoms with E-state index in [0.29, 0.717) is 13.0 Å². The van der Waals surface area contributed by atoms with Crippen LogP contribution in [-0.4, -0.2) is 59.4 Å². The molecule has 1 spiro atoms. The molecule has 2 bridgehead atoms. The van der Waals surface area contributed by atoms with E-state index in [1.807, 2.05) is 19.9 Å². The molecule has 4 aliphatic rings. The van der Waals surface area contributed by atoms with Crippen LogP contribution in [0.25, 0.3) is 0 Å². The van der Waals surface area contributed by atoms with Gasteiger partial charge in [-0.15, -0.1) is 0 Å². The van der Waals surface area contributed by atoms with Gasteiger partial charge in [-0.3, -0.25) is 0 Å². The molecular weight excluding hydrogens is 324 g/mol. The third-order valence-electron chi connectivity index (χ3n) is 7.12. The molecule has 1 saturated carbocycles. The highest BCUT2D eigenvalue weighted by Crippen LogP contribution is 2.71. The van der Waals surface area contributed by atoms with E-state index in [4.69, 9.17) is 14.2 Å². The van der Waals surface area contributed by atoms with Crippen LogP contribution in [0.5, 0.6) is 0 Å². The fraction of sp³-hybridized carbons (Fsp3) is 0.737. The first kappa shape index (κ1) is 17.2. The maximum absolute atomic E-state index is 12.2. The van der Waals surface area contributed by atoms with Crippen LogP contribution in [0.1, 0.15) is 33.6 Å². The van der Waals surface area contributed by atoms with Crippen molar-refractivity contribution in [3.8, 4) is 0 Å². The first-order valence-corrected chi connectivity index (χ1v) is 8.86. The Labute approximate surface area is 147 Å². The Balaban J connectivity index is 1.84. The minimum Gasteiger partial charge on any atom is -0.455 e. The van der Waals surface area contributed by atoms with Crippen LogP contribution >= 0.6 is 0 Å². The molecule has 138 valence electrons. The van der Waals surface area contributed by atoms with Gasteiger partial charge in [0.2, 0.25) is 0 Å². The molecular formula is C19H26O6. The van der Waals surface area contributed by atoms with E-state index in [-0.39, 0.29) is 18.3 Å². The first-order chi connectivity index (χ1) is 11.7. The van der Waals surface area contributed by atoms with Crippen molar-refractivity contribution in [1.29, 1.82) is 0 Å². The molecule has 0 aromatic carbocycles. The van der Waals surface area contributed by atoms with Crippen LogP contribution in [0.15, 0.2) is 23.8 Å². The lowest BCUT2D eigenvalue weighted by Crippen LogP contribution is -2.66. The Morgan fingerprint density at radius 3 is 2.76 bits per heavy atom. The fourth-order valence-corrected chi connectivity index (χ4v) is 5.43. The van der Waals surface area contributed by atoms with Gasteiger partial charge in [0.05, 0.1) is 24.7 Å². The number of hydrogen-bond donors (Lipinski definition) is 2. The molecule has 6 nitrogen and oxygen atoms in total. The molecule has 0 aromatic rings. The van der Waals surface area contributed by atoms with Crippen molar-refractivity contribution in [2.24, 2.45) is 10.8 Å². The summed E-state index contributed by atoms with van der Waals surface area (Å²) in [5.41, 5.74) is -0.654. The molecule has 25 heavy (non-hydrogen) atoms. The highest BCUT2D eigenvalue weighted by Gasteiger charge is 2.85. The van der Waals surface area contributed by atoms with Crippen LogP contribution < -0.4 is 0 Å². The molecule has 0 aromatic heterocycles. The topological polar surface area (TPSA) is 88.5 Å². The third-order valence-corrected chi connectivity index (χ3v) is 7.12. The van der Waals surface area contributed by atoms with Crippen molar-refractivity contribution in [1.82, 2.24) is 0 Å². The smallest absolute Gasteiger partial charge is 0.333 e. The number of aliphatic hydroxyl groups excluding tert-OH is 2. The third kappa shape index (κ3) is 1.86. The molecule has 3 fully saturated rings. The SMILES string of the molecule is C=C(C)C(=O)O[C@@H]1[C@@H](O)C2O[C@@H]3C=C(C)CC[C@]3(CO)[C@]1(C)C21CO1. The van der Waals surface area contributed by atoms with Gasteiger partial charge in [-0.2, -0.15) is 0 Å². The van der Waals surface area contributed by atoms with Crippen molar-refractivity contribution in [2.75, 3.05) is 13.2 Å². The van der Waals surface area contributed by atoms with E-state index in [1.165, 1.54) is 5.57 Å². The van der Waals surface area contributed by atoms with Crippen molar-refractivity contribution in [2.45, 2.75) is 63.6 Å². The second-order valence-corrected chi connectivity index (χ2v) is 8.28. The van der Waals surface area contributed by atoms with Gasteiger partial charge < -0.3 is 24.4 Å². The minimum absolute atomic E-state index is 0.121. The summed E-state index contributed by atoms with van der Waals surface area (Å²) in [5.74, 6) is -0.541. The summed E-state index contributed by atoms with van der Waals surface area (Å²) in [6.07, 6.45) is 0.834. The lowest BCUT2D eigenvalue weighted by atomic mass is 9.51. The van der Waals surface area contributed by atoms with Gasteiger partial charge in [0.25, 0.3) is 0 Å². The van der Waals surface area contributed by atoms with Gasteiger partial charge in [0, 0.05) is 11.0 Å². The minimum atomic E-state index is -1.00. The lowest BCUT2D eigenvalue weighted by molar-refractivity contribution is -0.229. The van der Waals surface area contributed by atoms with Gasteiger partial charge >= 0.3 is 5.97 Å². The number of epoxide rings is 1. The second-order valence-electron chi connectivity index (χ2n) is 8.28. The number of aliphatic hydroxyl groups is 2. The maximum Gasteiger partial charge on any atom is 0.333 e. The predicted molar refractivity (Wildman–Crippen MR) is 88.7 cm³/mol. The summed E-state index contributed by atoms with van der Waals surface area (Å²) in [6.45, 7) is 9.54. The number of rotatable bonds is 3. The zero-order valence-corrected chi connectivity index (χ0v) is 14.9. The molecule has 2 N–H and O–H groups in total. The maximum atomic E-state index is 12.2. The number of fused-ring (bicyclic) bond motifs is 2. The van der Waals surface area contributed by atoms with Crippen molar-refractivity contribution in [3.63, 3.8) is 0 Å². The van der Waals surface area contributed by atoms with E-state index in [9.17, 15) is 15.0 Å². The van der Waals surface area contributed by atoms with Gasteiger partial charge in [-0.05, 0) is 26.7 Å². The molecule has 0 amide bonds. The van der Waals surface area contributed by atoms with Crippen LogP contribution in [-0.2, 0) is 19.0 Å². The van der Waals surface area contributed by atoms with Crippen LogP contribution in [0, 0.1) is 10.8 Å². The summed E-state index contributed by atoms with van der Waals surface area (Å²) >= 11 is 0. The molecule has 2 heterocycles. The van der Waals surface area contributed by atoms with Gasteiger partial charge in [-0.1, -0.05) is 25.2 Å². The van der Waals surface area contributed by atoms with Gasteiger partial charge in [-0.25, -0.2) is 4.79 Å². The largest absolute Gasteiger partial charge is 0.455 e. The van der Waals surface area contributed by atoms with Crippen LogP contribution in [0.4, 0.5) is 0 Å². The van der Waals surface area contributed by atoms with Crippen molar-refractivity contribution < 1.29 is 29.2 Å². The van der Waals surface area contributed by atoms with E-state index in [2.05, 4.69) is 6.58 Å². The monoisotopic (exact) mass is 350 g/mol. The number of hydrogen-bond acceptors (Lipinski definition) is 6. The summed E-state index contributed by atoms with van der Waals surface area (Å²) in [7, 11) is 0. The average Bonchev–Trinajstić information content (AvgIpc) is 3.35. The molecule has 7 atom stereocenters. The Morgan fingerprint density at radius 2 is 2.20 bits per heavy atom. The Hall–Kier alpha value is -1.21. The van der Waals surface area contributed by atoms with E-state index < -0.39 is 40.7 Å². The molecule has 2 aliphatic carbocycles. The molecule has 4 rings (SSSR count). The quantitative estimate of drug-likeness (QED) is 0.343. The van der Waals surface area contributed by atoms with Crippen LogP contribution in [0.2, 0.25) is 0 Å². The van der Waals surface area contributed by atoms with Crippen molar-refractivity contribution in [3.05, 3.63) is 23.8 Å². The Morgan fingerprint density at radius 1 is 1.52 bits per heavy atom. The predicted octanol–water partition coefficient (Wildman–Crippen LogP) is 1.11. The number of allylic oxidation sites excluding steroid dienone is 1. The summed E-state index contributed by atoms with van der Waals surface area (Å²) in [6, 6.07) is 0. The Kier molecular flexibility index (Phi) is 3.55. The fourth-order valence-electron chi connectivity index (χ4n) is 5.43. The summed E-state index contributed by atoms with van der Waals surface area (Å²) in [5, 5.41) is 21.4. The lowest BCUT2D eigenvalue weighted by Gasteiger charge is -2.57. The molecule has 2 aliphatic heterocycles. The highest BCUT2D eigenvalue weighted by molar-refractivity contribution is 5.87. The average molecular weight is 350 g/mol. The van der Waals surface area contributed by atoms with E-state index >= 15 is 0 Å². The Bertz CT molecular complexity index is 665. The molecule has 6 heteroatoms. The first-order valence-electron chi connectivity index (χ1n) is 8.86. The molecule has 0 radical (unpaired) electrons. The van der Waals surface area contributed by atoms with Crippen molar-refractivity contribution >= 4 is 5.97 Å².